The number of amides is 2. The number of benzene rings is 1. The van der Waals surface area contributed by atoms with Crippen LogP contribution in [0.1, 0.15) is 26.7 Å². The number of anilines is 1. The Morgan fingerprint density at radius 1 is 0.963 bits per heavy atom. The van der Waals surface area contributed by atoms with Crippen molar-refractivity contribution in [3.05, 3.63) is 24.3 Å². The van der Waals surface area contributed by atoms with Crippen LogP contribution in [0.25, 0.3) is 0 Å². The highest BCUT2D eigenvalue weighted by molar-refractivity contribution is 5.81. The lowest BCUT2D eigenvalue weighted by Gasteiger charge is -2.39. The quantitative estimate of drug-likeness (QED) is 0.812. The lowest BCUT2D eigenvalue weighted by molar-refractivity contribution is -0.142. The second-order valence-electron chi connectivity index (χ2n) is 7.74. The Labute approximate surface area is 162 Å². The van der Waals surface area contributed by atoms with Gasteiger partial charge >= 0.3 is 0 Å². The first-order valence-electron chi connectivity index (χ1n) is 9.96. The number of hydrogen-bond donors (Lipinski definition) is 0. The highest BCUT2D eigenvalue weighted by Gasteiger charge is 2.32. The number of para-hydroxylation sites is 2. The molecule has 0 spiro atoms. The monoisotopic (exact) mass is 373 g/mol. The van der Waals surface area contributed by atoms with Gasteiger partial charge in [0.1, 0.15) is 5.75 Å². The molecule has 0 aromatic heterocycles. The van der Waals surface area contributed by atoms with Gasteiger partial charge in [0.15, 0.2) is 0 Å². The van der Waals surface area contributed by atoms with E-state index in [0.717, 1.165) is 50.5 Å². The van der Waals surface area contributed by atoms with E-state index >= 15 is 0 Å². The predicted molar refractivity (Wildman–Crippen MR) is 106 cm³/mol. The van der Waals surface area contributed by atoms with Crippen molar-refractivity contribution in [1.82, 2.24) is 9.80 Å². The van der Waals surface area contributed by atoms with Crippen LogP contribution < -0.4 is 9.64 Å². The minimum atomic E-state index is 0.0281. The standard InChI is InChI=1S/C21H31N3O3/c1-16(2)20(25)23-10-8-17(9-11-23)21(26)24-14-12-22(13-15-24)18-6-4-5-7-19(18)27-3/h4-7,16-17H,8-15H2,1-3H3. The van der Waals surface area contributed by atoms with Crippen LogP contribution in [0, 0.1) is 11.8 Å². The maximum Gasteiger partial charge on any atom is 0.225 e. The predicted octanol–water partition coefficient (Wildman–Crippen LogP) is 2.24. The summed E-state index contributed by atoms with van der Waals surface area (Å²) in [5.74, 6) is 1.41. The highest BCUT2D eigenvalue weighted by Crippen LogP contribution is 2.29. The molecule has 0 bridgehead atoms. The Bertz CT molecular complexity index is 660. The van der Waals surface area contributed by atoms with Crippen LogP contribution in [0.15, 0.2) is 24.3 Å². The van der Waals surface area contributed by atoms with E-state index in [4.69, 9.17) is 4.74 Å². The number of carbonyl (C=O) groups excluding carboxylic acids is 2. The molecule has 0 unspecified atom stereocenters. The number of methoxy groups -OCH3 is 1. The number of ether oxygens (including phenoxy) is 1. The van der Waals surface area contributed by atoms with E-state index in [1.165, 1.54) is 0 Å². The molecule has 2 heterocycles. The second kappa shape index (κ2) is 8.63. The maximum absolute atomic E-state index is 12.9. The van der Waals surface area contributed by atoms with E-state index in [-0.39, 0.29) is 23.7 Å². The molecule has 6 nitrogen and oxygen atoms in total. The van der Waals surface area contributed by atoms with Crippen molar-refractivity contribution in [3.63, 3.8) is 0 Å². The Morgan fingerprint density at radius 3 is 2.19 bits per heavy atom. The molecule has 0 saturated carbocycles. The number of likely N-dealkylation sites (tertiary alicyclic amines) is 1. The third-order valence-corrected chi connectivity index (χ3v) is 5.67. The summed E-state index contributed by atoms with van der Waals surface area (Å²) >= 11 is 0. The molecule has 1 aromatic carbocycles. The fourth-order valence-electron chi connectivity index (χ4n) is 4.03. The van der Waals surface area contributed by atoms with Gasteiger partial charge in [0.2, 0.25) is 11.8 Å². The average Bonchev–Trinajstić information content (AvgIpc) is 2.72. The summed E-state index contributed by atoms with van der Waals surface area (Å²) in [4.78, 5) is 31.2. The summed E-state index contributed by atoms with van der Waals surface area (Å²) in [6.45, 7) is 8.38. The first-order chi connectivity index (χ1) is 13.0. The van der Waals surface area contributed by atoms with Crippen LogP contribution >= 0.6 is 0 Å². The Balaban J connectivity index is 1.51. The first kappa shape index (κ1) is 19.5. The summed E-state index contributed by atoms with van der Waals surface area (Å²) in [6.07, 6.45) is 1.56. The second-order valence-corrected chi connectivity index (χ2v) is 7.74. The Hall–Kier alpha value is -2.24. The smallest absolute Gasteiger partial charge is 0.225 e. The molecule has 6 heteroatoms. The van der Waals surface area contributed by atoms with Crippen molar-refractivity contribution >= 4 is 17.5 Å². The van der Waals surface area contributed by atoms with Gasteiger partial charge in [-0.05, 0) is 25.0 Å². The van der Waals surface area contributed by atoms with Gasteiger partial charge in [0.25, 0.3) is 0 Å². The van der Waals surface area contributed by atoms with Gasteiger partial charge in [-0.3, -0.25) is 9.59 Å². The third kappa shape index (κ3) is 4.37. The van der Waals surface area contributed by atoms with Crippen molar-refractivity contribution in [2.45, 2.75) is 26.7 Å². The molecule has 0 N–H and O–H groups in total. The van der Waals surface area contributed by atoms with Crippen molar-refractivity contribution in [3.8, 4) is 5.75 Å². The average molecular weight is 373 g/mol. The number of piperidine rings is 1. The molecule has 0 atom stereocenters. The van der Waals surface area contributed by atoms with E-state index in [0.29, 0.717) is 13.1 Å². The van der Waals surface area contributed by atoms with Gasteiger partial charge in [0.05, 0.1) is 12.8 Å². The molecular weight excluding hydrogens is 342 g/mol. The lowest BCUT2D eigenvalue weighted by atomic mass is 9.94. The van der Waals surface area contributed by atoms with E-state index in [2.05, 4.69) is 11.0 Å². The Morgan fingerprint density at radius 2 is 1.59 bits per heavy atom. The molecule has 148 valence electrons. The first-order valence-corrected chi connectivity index (χ1v) is 9.96. The summed E-state index contributed by atoms with van der Waals surface area (Å²) in [6, 6.07) is 8.02. The van der Waals surface area contributed by atoms with Crippen molar-refractivity contribution in [2.75, 3.05) is 51.3 Å². The fraction of sp³-hybridized carbons (Fsp3) is 0.619. The summed E-state index contributed by atoms with van der Waals surface area (Å²) in [7, 11) is 1.69. The molecule has 2 amide bonds. The summed E-state index contributed by atoms with van der Waals surface area (Å²) in [5, 5.41) is 0. The van der Waals surface area contributed by atoms with Crippen LogP contribution in [0.4, 0.5) is 5.69 Å². The number of carbonyl (C=O) groups is 2. The summed E-state index contributed by atoms with van der Waals surface area (Å²) in [5.41, 5.74) is 1.09. The van der Waals surface area contributed by atoms with E-state index in [1.807, 2.05) is 41.8 Å². The minimum absolute atomic E-state index is 0.0281. The third-order valence-electron chi connectivity index (χ3n) is 5.67. The van der Waals surface area contributed by atoms with E-state index in [9.17, 15) is 9.59 Å². The van der Waals surface area contributed by atoms with E-state index in [1.54, 1.807) is 7.11 Å². The SMILES string of the molecule is COc1ccccc1N1CCN(C(=O)C2CCN(C(=O)C(C)C)CC2)CC1. The molecule has 2 saturated heterocycles. The van der Waals surface area contributed by atoms with Crippen molar-refractivity contribution in [1.29, 1.82) is 0 Å². The molecular formula is C21H31N3O3. The van der Waals surface area contributed by atoms with Gasteiger partial charge < -0.3 is 19.4 Å². The highest BCUT2D eigenvalue weighted by atomic mass is 16.5. The number of nitrogens with zero attached hydrogens (tertiary/aromatic N) is 3. The Kier molecular flexibility index (Phi) is 6.24. The van der Waals surface area contributed by atoms with Crippen molar-refractivity contribution < 1.29 is 14.3 Å². The van der Waals surface area contributed by atoms with Gasteiger partial charge in [-0.15, -0.1) is 0 Å². The molecule has 0 radical (unpaired) electrons. The lowest BCUT2D eigenvalue weighted by Crippen LogP contribution is -2.52. The van der Waals surface area contributed by atoms with E-state index < -0.39 is 0 Å². The molecule has 3 rings (SSSR count). The van der Waals surface area contributed by atoms with Gasteiger partial charge in [-0.25, -0.2) is 0 Å². The normalized spacial score (nSPS) is 18.7. The minimum Gasteiger partial charge on any atom is -0.495 e. The zero-order valence-corrected chi connectivity index (χ0v) is 16.7. The van der Waals surface area contributed by atoms with Gasteiger partial charge in [-0.1, -0.05) is 26.0 Å². The van der Waals surface area contributed by atoms with Crippen LogP contribution in [-0.4, -0.2) is 68.0 Å². The number of rotatable bonds is 4. The van der Waals surface area contributed by atoms with Gasteiger partial charge in [-0.2, -0.15) is 0 Å². The maximum atomic E-state index is 12.9. The molecule has 1 aromatic rings. The molecule has 0 aliphatic carbocycles. The van der Waals surface area contributed by atoms with Crippen LogP contribution in [-0.2, 0) is 9.59 Å². The summed E-state index contributed by atoms with van der Waals surface area (Å²) < 4.78 is 5.46. The molecule has 2 aliphatic heterocycles. The zero-order chi connectivity index (χ0) is 19.4. The molecule has 2 fully saturated rings. The zero-order valence-electron chi connectivity index (χ0n) is 16.7. The molecule has 2 aliphatic rings. The topological polar surface area (TPSA) is 53.1 Å². The van der Waals surface area contributed by atoms with Crippen LogP contribution in [0.2, 0.25) is 0 Å². The van der Waals surface area contributed by atoms with Gasteiger partial charge in [0, 0.05) is 51.1 Å². The number of hydrogen-bond acceptors (Lipinski definition) is 4. The fourth-order valence-corrected chi connectivity index (χ4v) is 4.03. The largest absolute Gasteiger partial charge is 0.495 e. The number of piperazine rings is 1. The van der Waals surface area contributed by atoms with Crippen LogP contribution in [0.5, 0.6) is 5.75 Å². The van der Waals surface area contributed by atoms with Crippen LogP contribution in [0.3, 0.4) is 0 Å². The molecule has 27 heavy (non-hydrogen) atoms. The van der Waals surface area contributed by atoms with Crippen molar-refractivity contribution in [2.24, 2.45) is 11.8 Å².